The number of non-ortho nitro benzene ring substituents is 1. The lowest BCUT2D eigenvalue weighted by molar-refractivity contribution is -0.384. The number of rotatable bonds is 10. The quantitative estimate of drug-likeness (QED) is 0.219. The molecule has 0 N–H and O–H groups in total. The summed E-state index contributed by atoms with van der Waals surface area (Å²) in [6, 6.07) is 15.2. The van der Waals surface area contributed by atoms with Gasteiger partial charge in [0.1, 0.15) is 12.7 Å². The van der Waals surface area contributed by atoms with Gasteiger partial charge in [-0.2, -0.15) is 0 Å². The Kier molecular flexibility index (Phi) is 8.32. The minimum absolute atomic E-state index is 0.0117. The lowest BCUT2D eigenvalue weighted by Gasteiger charge is -2.16. The molecule has 1 fully saturated rings. The van der Waals surface area contributed by atoms with Gasteiger partial charge in [-0.05, 0) is 44.9 Å². The van der Waals surface area contributed by atoms with Gasteiger partial charge in [0.25, 0.3) is 5.69 Å². The maximum atomic E-state index is 12.3. The van der Waals surface area contributed by atoms with E-state index >= 15 is 0 Å². The number of nitro benzene ring substituents is 1. The standard InChI is InChI=1S/C25H29NO7/c1-18(30-16-19-9-5-4-6-10-19)8-7-11-22-23(33-25(2,3)32-22)17-31-24(27)20-12-14-21(15-13-20)26(28)29/h4-10,12-15,18,22-23H,11,16-17H2,1-3H3/b8-7-/t18-,22+,23-/m0/s1. The van der Waals surface area contributed by atoms with Crippen molar-refractivity contribution in [3.05, 3.63) is 88.0 Å². The maximum Gasteiger partial charge on any atom is 0.338 e. The summed E-state index contributed by atoms with van der Waals surface area (Å²) < 4.78 is 23.1. The molecular weight excluding hydrogens is 426 g/mol. The minimum atomic E-state index is -0.793. The number of benzene rings is 2. The molecule has 3 rings (SSSR count). The molecule has 3 atom stereocenters. The predicted octanol–water partition coefficient (Wildman–Crippen LogP) is 4.82. The summed E-state index contributed by atoms with van der Waals surface area (Å²) in [6.07, 6.45) is 3.73. The van der Waals surface area contributed by atoms with E-state index in [1.165, 1.54) is 24.3 Å². The zero-order valence-electron chi connectivity index (χ0n) is 19.0. The fourth-order valence-electron chi connectivity index (χ4n) is 3.47. The fourth-order valence-corrected chi connectivity index (χ4v) is 3.47. The molecule has 0 aliphatic carbocycles. The number of hydrogen-bond donors (Lipinski definition) is 0. The van der Waals surface area contributed by atoms with Crippen LogP contribution in [-0.4, -0.2) is 41.6 Å². The van der Waals surface area contributed by atoms with Crippen LogP contribution in [0.4, 0.5) is 5.69 Å². The molecule has 8 nitrogen and oxygen atoms in total. The van der Waals surface area contributed by atoms with E-state index in [1.54, 1.807) is 0 Å². The van der Waals surface area contributed by atoms with E-state index in [0.29, 0.717) is 13.0 Å². The molecule has 1 saturated heterocycles. The second kappa shape index (κ2) is 11.2. The summed E-state index contributed by atoms with van der Waals surface area (Å²) in [5.74, 6) is -1.37. The fraction of sp³-hybridized carbons (Fsp3) is 0.400. The van der Waals surface area contributed by atoms with Crippen LogP contribution in [0.15, 0.2) is 66.7 Å². The molecule has 1 heterocycles. The largest absolute Gasteiger partial charge is 0.459 e. The molecule has 2 aromatic rings. The molecule has 0 aromatic heterocycles. The van der Waals surface area contributed by atoms with E-state index in [-0.39, 0.29) is 30.1 Å². The van der Waals surface area contributed by atoms with E-state index in [0.717, 1.165) is 5.56 Å². The summed E-state index contributed by atoms with van der Waals surface area (Å²) >= 11 is 0. The normalized spacial score (nSPS) is 20.6. The average molecular weight is 456 g/mol. The molecule has 0 unspecified atom stereocenters. The second-order valence-electron chi connectivity index (χ2n) is 8.28. The van der Waals surface area contributed by atoms with E-state index < -0.39 is 22.8 Å². The number of carbonyl (C=O) groups is 1. The Labute approximate surface area is 193 Å². The van der Waals surface area contributed by atoms with E-state index in [1.807, 2.05) is 63.3 Å². The van der Waals surface area contributed by atoms with Gasteiger partial charge in [-0.15, -0.1) is 0 Å². The number of carbonyl (C=O) groups excluding carboxylic acids is 1. The van der Waals surface area contributed by atoms with E-state index in [4.69, 9.17) is 18.9 Å². The Morgan fingerprint density at radius 1 is 1.12 bits per heavy atom. The number of nitrogens with zero attached hydrogens (tertiary/aromatic N) is 1. The third-order valence-electron chi connectivity index (χ3n) is 5.11. The highest BCUT2D eigenvalue weighted by atomic mass is 16.8. The van der Waals surface area contributed by atoms with Crippen molar-refractivity contribution in [3.63, 3.8) is 0 Å². The van der Waals surface area contributed by atoms with Crippen LogP contribution in [0.1, 0.15) is 43.1 Å². The zero-order chi connectivity index (χ0) is 23.8. The van der Waals surface area contributed by atoms with Crippen molar-refractivity contribution >= 4 is 11.7 Å². The van der Waals surface area contributed by atoms with Crippen molar-refractivity contribution in [3.8, 4) is 0 Å². The van der Waals surface area contributed by atoms with Crippen LogP contribution in [-0.2, 0) is 25.6 Å². The van der Waals surface area contributed by atoms with E-state index in [2.05, 4.69) is 0 Å². The van der Waals surface area contributed by atoms with Crippen LogP contribution >= 0.6 is 0 Å². The summed E-state index contributed by atoms with van der Waals surface area (Å²) in [5, 5.41) is 10.8. The van der Waals surface area contributed by atoms with Crippen molar-refractivity contribution in [2.24, 2.45) is 0 Å². The van der Waals surface area contributed by atoms with Crippen molar-refractivity contribution in [2.75, 3.05) is 6.61 Å². The molecule has 1 aliphatic heterocycles. The first kappa shape index (κ1) is 24.6. The van der Waals surface area contributed by atoms with Crippen molar-refractivity contribution in [1.29, 1.82) is 0 Å². The Hall–Kier alpha value is -3.07. The Balaban J connectivity index is 1.49. The number of ether oxygens (including phenoxy) is 4. The molecule has 0 radical (unpaired) electrons. The van der Waals surface area contributed by atoms with Crippen LogP contribution in [0.3, 0.4) is 0 Å². The topological polar surface area (TPSA) is 97.1 Å². The van der Waals surface area contributed by atoms with Gasteiger partial charge in [-0.3, -0.25) is 10.1 Å². The first-order valence-electron chi connectivity index (χ1n) is 10.8. The molecule has 8 heteroatoms. The Morgan fingerprint density at radius 2 is 1.79 bits per heavy atom. The van der Waals surface area contributed by atoms with Gasteiger partial charge in [-0.1, -0.05) is 42.5 Å². The van der Waals surface area contributed by atoms with Gasteiger partial charge >= 0.3 is 5.97 Å². The van der Waals surface area contributed by atoms with Gasteiger partial charge in [0.05, 0.1) is 29.3 Å². The number of nitro groups is 1. The second-order valence-corrected chi connectivity index (χ2v) is 8.28. The van der Waals surface area contributed by atoms with Crippen LogP contribution in [0.25, 0.3) is 0 Å². The Morgan fingerprint density at radius 3 is 2.45 bits per heavy atom. The first-order valence-corrected chi connectivity index (χ1v) is 10.8. The predicted molar refractivity (Wildman–Crippen MR) is 122 cm³/mol. The molecule has 33 heavy (non-hydrogen) atoms. The average Bonchev–Trinajstić information content (AvgIpc) is 3.10. The molecule has 176 valence electrons. The van der Waals surface area contributed by atoms with Crippen molar-refractivity contribution < 1.29 is 28.7 Å². The van der Waals surface area contributed by atoms with Crippen LogP contribution < -0.4 is 0 Å². The molecule has 0 amide bonds. The highest BCUT2D eigenvalue weighted by Gasteiger charge is 2.41. The third-order valence-corrected chi connectivity index (χ3v) is 5.11. The molecular formula is C25H29NO7. The summed E-state index contributed by atoms with van der Waals surface area (Å²) in [5.41, 5.74) is 1.26. The highest BCUT2D eigenvalue weighted by molar-refractivity contribution is 5.89. The van der Waals surface area contributed by atoms with Gasteiger partial charge in [0.15, 0.2) is 5.79 Å². The summed E-state index contributed by atoms with van der Waals surface area (Å²) in [7, 11) is 0. The van der Waals surface area contributed by atoms with E-state index in [9.17, 15) is 14.9 Å². The molecule has 2 aromatic carbocycles. The highest BCUT2D eigenvalue weighted by Crippen LogP contribution is 2.30. The SMILES string of the molecule is C[C@@H](/C=C\C[C@H]1OC(C)(C)O[C@H]1COC(=O)c1ccc([N+](=O)[O-])cc1)OCc1ccccc1. The maximum absolute atomic E-state index is 12.3. The van der Waals surface area contributed by atoms with Crippen LogP contribution in [0.5, 0.6) is 0 Å². The monoisotopic (exact) mass is 455 g/mol. The van der Waals surface area contributed by atoms with Crippen LogP contribution in [0.2, 0.25) is 0 Å². The van der Waals surface area contributed by atoms with Crippen LogP contribution in [0, 0.1) is 10.1 Å². The Bertz CT molecular complexity index is 956. The molecule has 0 spiro atoms. The minimum Gasteiger partial charge on any atom is -0.459 e. The van der Waals surface area contributed by atoms with Crippen molar-refractivity contribution in [1.82, 2.24) is 0 Å². The third kappa shape index (κ3) is 7.49. The van der Waals surface area contributed by atoms with Gasteiger partial charge in [-0.25, -0.2) is 4.79 Å². The van der Waals surface area contributed by atoms with Gasteiger partial charge in [0.2, 0.25) is 0 Å². The lowest BCUT2D eigenvalue weighted by Crippen LogP contribution is -2.29. The molecule has 1 aliphatic rings. The molecule has 0 saturated carbocycles. The number of esters is 1. The summed E-state index contributed by atoms with van der Waals surface area (Å²) in [6.45, 7) is 6.14. The van der Waals surface area contributed by atoms with Gasteiger partial charge < -0.3 is 18.9 Å². The smallest absolute Gasteiger partial charge is 0.338 e. The first-order chi connectivity index (χ1) is 15.7. The zero-order valence-corrected chi connectivity index (χ0v) is 19.0. The number of hydrogen-bond acceptors (Lipinski definition) is 7. The lowest BCUT2D eigenvalue weighted by atomic mass is 10.1. The summed E-state index contributed by atoms with van der Waals surface area (Å²) in [4.78, 5) is 22.6. The molecule has 0 bridgehead atoms. The van der Waals surface area contributed by atoms with Gasteiger partial charge in [0, 0.05) is 12.1 Å². The van der Waals surface area contributed by atoms with Crippen molar-refractivity contribution in [2.45, 2.75) is 57.9 Å².